The lowest BCUT2D eigenvalue weighted by molar-refractivity contribution is -0.0673. The molecule has 3 N–H and O–H groups in total. The molecule has 1 rings (SSSR count). The fourth-order valence-electron chi connectivity index (χ4n) is 1.07. The minimum atomic E-state index is -3.16. The highest BCUT2D eigenvalue weighted by molar-refractivity contribution is 5.31. The third-order valence-electron chi connectivity index (χ3n) is 2.02. The Morgan fingerprint density at radius 2 is 1.86 bits per heavy atom. The summed E-state index contributed by atoms with van der Waals surface area (Å²) in [5.41, 5.74) is 3.44. The van der Waals surface area contributed by atoms with Crippen molar-refractivity contribution in [2.24, 2.45) is 5.73 Å². The molecule has 0 aromatic heterocycles. The summed E-state index contributed by atoms with van der Waals surface area (Å²) in [6.07, 6.45) is 0. The molecule has 78 valence electrons. The molecular weight excluding hydrogens is 188 g/mol. The van der Waals surface area contributed by atoms with Crippen LogP contribution >= 0.6 is 0 Å². The van der Waals surface area contributed by atoms with Gasteiger partial charge >= 0.3 is 0 Å². The first-order valence-electron chi connectivity index (χ1n) is 4.21. The van der Waals surface area contributed by atoms with Crippen LogP contribution in [-0.2, 0) is 5.92 Å². The predicted octanol–water partition coefficient (Wildman–Crippen LogP) is 2.22. The van der Waals surface area contributed by atoms with E-state index in [1.54, 1.807) is 0 Å². The van der Waals surface area contributed by atoms with E-state index >= 15 is 0 Å². The molecule has 0 amide bonds. The summed E-state index contributed by atoms with van der Waals surface area (Å²) in [5, 5.41) is 9.07. The van der Waals surface area contributed by atoms with Gasteiger partial charge in [-0.1, -0.05) is 12.1 Å². The maximum Gasteiger partial charge on any atom is 0.290 e. The van der Waals surface area contributed by atoms with Crippen LogP contribution in [0.1, 0.15) is 19.4 Å². The third-order valence-corrected chi connectivity index (χ3v) is 2.02. The molecule has 1 aromatic carbocycles. The molecule has 0 aliphatic rings. The van der Waals surface area contributed by atoms with E-state index in [0.29, 0.717) is 0 Å². The molecule has 0 unspecified atom stereocenters. The van der Waals surface area contributed by atoms with E-state index in [9.17, 15) is 8.78 Å². The van der Waals surface area contributed by atoms with Crippen LogP contribution in [-0.4, -0.2) is 10.6 Å². The Bertz CT molecular complexity index is 331. The van der Waals surface area contributed by atoms with Crippen molar-refractivity contribution in [2.45, 2.75) is 25.3 Å². The van der Waals surface area contributed by atoms with Crippen LogP contribution in [0.2, 0.25) is 0 Å². The van der Waals surface area contributed by atoms with Crippen LogP contribution < -0.4 is 5.73 Å². The number of benzene rings is 1. The molecule has 0 aliphatic carbocycles. The monoisotopic (exact) mass is 201 g/mol. The summed E-state index contributed by atoms with van der Waals surface area (Å²) in [6.45, 7) is 2.49. The van der Waals surface area contributed by atoms with Gasteiger partial charge in [0, 0.05) is 5.56 Å². The number of phenolic OH excluding ortho intramolecular Hbond substituents is 1. The minimum absolute atomic E-state index is 0.188. The zero-order valence-electron chi connectivity index (χ0n) is 8.09. The fourth-order valence-corrected chi connectivity index (χ4v) is 1.07. The molecule has 14 heavy (non-hydrogen) atoms. The summed E-state index contributed by atoms with van der Waals surface area (Å²) in [6, 6.07) is 4.97. The number of hydrogen-bond acceptors (Lipinski definition) is 2. The molecule has 0 radical (unpaired) electrons. The van der Waals surface area contributed by atoms with Crippen LogP contribution in [0.15, 0.2) is 24.3 Å². The van der Waals surface area contributed by atoms with Gasteiger partial charge in [-0.05, 0) is 26.0 Å². The van der Waals surface area contributed by atoms with Crippen molar-refractivity contribution >= 4 is 0 Å². The molecule has 0 spiro atoms. The standard InChI is InChI=1S/C10H13F2NO/c1-9(2,13)10(11,12)7-4-3-5-8(14)6-7/h3-6,14H,13H2,1-2H3. The Morgan fingerprint density at radius 3 is 2.29 bits per heavy atom. The number of halogens is 2. The molecule has 2 nitrogen and oxygen atoms in total. The van der Waals surface area contributed by atoms with Gasteiger partial charge in [-0.25, -0.2) is 0 Å². The van der Waals surface area contributed by atoms with Crippen molar-refractivity contribution in [3.8, 4) is 5.75 Å². The largest absolute Gasteiger partial charge is 0.508 e. The van der Waals surface area contributed by atoms with Gasteiger partial charge in [-0.2, -0.15) is 8.78 Å². The summed E-state index contributed by atoms with van der Waals surface area (Å²) in [4.78, 5) is 0. The van der Waals surface area contributed by atoms with E-state index in [4.69, 9.17) is 10.8 Å². The minimum Gasteiger partial charge on any atom is -0.508 e. The zero-order valence-corrected chi connectivity index (χ0v) is 8.09. The first-order valence-corrected chi connectivity index (χ1v) is 4.21. The number of phenols is 1. The topological polar surface area (TPSA) is 46.2 Å². The molecular formula is C10H13F2NO. The Morgan fingerprint density at radius 1 is 1.29 bits per heavy atom. The molecule has 0 heterocycles. The van der Waals surface area contributed by atoms with Crippen LogP contribution in [0.3, 0.4) is 0 Å². The molecule has 0 saturated heterocycles. The normalized spacial score (nSPS) is 12.9. The van der Waals surface area contributed by atoms with Crippen molar-refractivity contribution in [3.05, 3.63) is 29.8 Å². The first kappa shape index (κ1) is 10.9. The van der Waals surface area contributed by atoms with Gasteiger partial charge in [-0.15, -0.1) is 0 Å². The number of rotatable bonds is 2. The lowest BCUT2D eigenvalue weighted by Crippen LogP contribution is -2.48. The average molecular weight is 201 g/mol. The molecule has 4 heteroatoms. The summed E-state index contributed by atoms with van der Waals surface area (Å²) in [5.74, 6) is -3.35. The summed E-state index contributed by atoms with van der Waals surface area (Å²) < 4.78 is 27.2. The number of aromatic hydroxyl groups is 1. The molecule has 1 aromatic rings. The van der Waals surface area contributed by atoms with E-state index in [-0.39, 0.29) is 11.3 Å². The summed E-state index contributed by atoms with van der Waals surface area (Å²) >= 11 is 0. The Hall–Kier alpha value is -1.16. The zero-order chi connectivity index (χ0) is 11.0. The van der Waals surface area contributed by atoms with E-state index in [0.717, 1.165) is 6.07 Å². The molecule has 0 atom stereocenters. The highest BCUT2D eigenvalue weighted by Gasteiger charge is 2.45. The number of hydrogen-bond donors (Lipinski definition) is 2. The first-order chi connectivity index (χ1) is 6.25. The predicted molar refractivity (Wildman–Crippen MR) is 50.3 cm³/mol. The highest BCUT2D eigenvalue weighted by atomic mass is 19.3. The van der Waals surface area contributed by atoms with Gasteiger partial charge in [0.2, 0.25) is 0 Å². The van der Waals surface area contributed by atoms with Gasteiger partial charge < -0.3 is 10.8 Å². The lowest BCUT2D eigenvalue weighted by atomic mass is 9.91. The molecule has 0 bridgehead atoms. The SMILES string of the molecule is CC(C)(N)C(F)(F)c1cccc(O)c1. The lowest BCUT2D eigenvalue weighted by Gasteiger charge is -2.30. The van der Waals surface area contributed by atoms with Crippen molar-refractivity contribution in [3.63, 3.8) is 0 Å². The Labute approximate surface area is 81.4 Å². The van der Waals surface area contributed by atoms with Gasteiger partial charge in [0.05, 0.1) is 5.54 Å². The molecule has 0 fully saturated rings. The van der Waals surface area contributed by atoms with Gasteiger partial charge in [0.25, 0.3) is 5.92 Å². The summed E-state index contributed by atoms with van der Waals surface area (Å²) in [7, 11) is 0. The van der Waals surface area contributed by atoms with Gasteiger partial charge in [-0.3, -0.25) is 0 Å². The van der Waals surface area contributed by atoms with Crippen LogP contribution in [0.5, 0.6) is 5.75 Å². The van der Waals surface area contributed by atoms with Crippen molar-refractivity contribution in [1.82, 2.24) is 0 Å². The van der Waals surface area contributed by atoms with Gasteiger partial charge in [0.1, 0.15) is 5.75 Å². The fraction of sp³-hybridized carbons (Fsp3) is 0.400. The van der Waals surface area contributed by atoms with Gasteiger partial charge in [0.15, 0.2) is 0 Å². The van der Waals surface area contributed by atoms with Crippen LogP contribution in [0.4, 0.5) is 8.78 Å². The maximum atomic E-state index is 13.6. The van der Waals surface area contributed by atoms with Crippen molar-refractivity contribution in [1.29, 1.82) is 0 Å². The quantitative estimate of drug-likeness (QED) is 0.770. The molecule has 0 aliphatic heterocycles. The van der Waals surface area contributed by atoms with Crippen molar-refractivity contribution < 1.29 is 13.9 Å². The van der Waals surface area contributed by atoms with E-state index < -0.39 is 11.5 Å². The Kier molecular flexibility index (Phi) is 2.50. The number of alkyl halides is 2. The Balaban J connectivity index is 3.16. The van der Waals surface area contributed by atoms with Crippen LogP contribution in [0.25, 0.3) is 0 Å². The molecule has 0 saturated carbocycles. The second-order valence-corrected chi connectivity index (χ2v) is 3.85. The second kappa shape index (κ2) is 3.20. The van der Waals surface area contributed by atoms with E-state index in [2.05, 4.69) is 0 Å². The average Bonchev–Trinajstić information content (AvgIpc) is 2.02. The second-order valence-electron chi connectivity index (χ2n) is 3.85. The third kappa shape index (κ3) is 1.85. The number of nitrogens with two attached hydrogens (primary N) is 1. The maximum absolute atomic E-state index is 13.6. The van der Waals surface area contributed by atoms with Crippen molar-refractivity contribution in [2.75, 3.05) is 0 Å². The van der Waals surface area contributed by atoms with Crippen LogP contribution in [0, 0.1) is 0 Å². The highest BCUT2D eigenvalue weighted by Crippen LogP contribution is 2.37. The smallest absolute Gasteiger partial charge is 0.290 e. The van der Waals surface area contributed by atoms with E-state index in [1.807, 2.05) is 0 Å². The van der Waals surface area contributed by atoms with E-state index in [1.165, 1.54) is 32.0 Å².